The van der Waals surface area contributed by atoms with Crippen LogP contribution in [0.2, 0.25) is 0 Å². The van der Waals surface area contributed by atoms with Gasteiger partial charge in [0.05, 0.1) is 12.6 Å². The number of hydrogen-bond donors (Lipinski definition) is 1. The summed E-state index contributed by atoms with van der Waals surface area (Å²) in [6, 6.07) is -0.0298. The van der Waals surface area contributed by atoms with E-state index in [2.05, 4.69) is 25.1 Å². The van der Waals surface area contributed by atoms with Crippen LogP contribution in [-0.2, 0) is 18.4 Å². The number of imidazole rings is 1. The van der Waals surface area contributed by atoms with Crippen LogP contribution in [0.15, 0.2) is 17.4 Å². The van der Waals surface area contributed by atoms with Gasteiger partial charge in [0.15, 0.2) is 5.96 Å². The number of nitrogens with one attached hydrogen (secondary N) is 1. The number of piperazine rings is 1. The highest BCUT2D eigenvalue weighted by Crippen LogP contribution is 2.14. The second kappa shape index (κ2) is 8.53. The largest absolute Gasteiger partial charge is 0.349 e. The summed E-state index contributed by atoms with van der Waals surface area (Å²) in [5.41, 5.74) is 0. The molecular formula is C18H31N7O. The Kier molecular flexibility index (Phi) is 6.13. The van der Waals surface area contributed by atoms with E-state index in [1.807, 2.05) is 36.7 Å². The van der Waals surface area contributed by atoms with Crippen molar-refractivity contribution >= 4 is 11.9 Å². The lowest BCUT2D eigenvalue weighted by molar-refractivity contribution is -0.135. The van der Waals surface area contributed by atoms with Gasteiger partial charge in [0, 0.05) is 65.8 Å². The van der Waals surface area contributed by atoms with Crippen LogP contribution in [0.3, 0.4) is 0 Å². The molecule has 1 amide bonds. The number of rotatable bonds is 4. The van der Waals surface area contributed by atoms with Gasteiger partial charge in [0.1, 0.15) is 5.82 Å². The lowest BCUT2D eigenvalue weighted by Crippen LogP contribution is -2.57. The SMILES string of the molecule is CN=C(NCc1nccn1C)N1CCN(C(C)C(=O)N2CCCC2)CC1. The molecule has 0 spiro atoms. The van der Waals surface area contributed by atoms with Gasteiger partial charge in [-0.25, -0.2) is 4.98 Å². The number of carbonyl (C=O) groups excluding carboxylic acids is 1. The summed E-state index contributed by atoms with van der Waals surface area (Å²) < 4.78 is 2.00. The maximum absolute atomic E-state index is 12.6. The zero-order valence-corrected chi connectivity index (χ0v) is 16.2. The van der Waals surface area contributed by atoms with E-state index < -0.39 is 0 Å². The van der Waals surface area contributed by atoms with Crippen molar-refractivity contribution in [2.45, 2.75) is 32.4 Å². The molecule has 144 valence electrons. The molecule has 0 bridgehead atoms. The molecule has 8 nitrogen and oxygen atoms in total. The number of nitrogens with zero attached hydrogens (tertiary/aromatic N) is 6. The third-order valence-corrected chi connectivity index (χ3v) is 5.47. The second-order valence-corrected chi connectivity index (χ2v) is 7.09. The number of aryl methyl sites for hydroxylation is 1. The fourth-order valence-electron chi connectivity index (χ4n) is 3.74. The van der Waals surface area contributed by atoms with Crippen LogP contribution in [0, 0.1) is 0 Å². The van der Waals surface area contributed by atoms with Crippen molar-refractivity contribution in [3.05, 3.63) is 18.2 Å². The molecule has 1 aromatic rings. The van der Waals surface area contributed by atoms with Crippen molar-refractivity contribution in [1.82, 2.24) is 29.6 Å². The average Bonchev–Trinajstić information content (AvgIpc) is 3.34. The zero-order chi connectivity index (χ0) is 18.5. The summed E-state index contributed by atoms with van der Waals surface area (Å²) in [5.74, 6) is 2.16. The Morgan fingerprint density at radius 1 is 1.19 bits per heavy atom. The van der Waals surface area contributed by atoms with E-state index in [1.165, 1.54) is 0 Å². The summed E-state index contributed by atoms with van der Waals surface area (Å²) in [5, 5.41) is 3.39. The Morgan fingerprint density at radius 3 is 2.46 bits per heavy atom. The molecule has 26 heavy (non-hydrogen) atoms. The minimum atomic E-state index is -0.0298. The Morgan fingerprint density at radius 2 is 1.88 bits per heavy atom. The highest BCUT2D eigenvalue weighted by atomic mass is 16.2. The maximum Gasteiger partial charge on any atom is 0.239 e. The second-order valence-electron chi connectivity index (χ2n) is 7.09. The summed E-state index contributed by atoms with van der Waals surface area (Å²) in [7, 11) is 3.80. The summed E-state index contributed by atoms with van der Waals surface area (Å²) in [4.78, 5) is 27.9. The first kappa shape index (κ1) is 18.7. The highest BCUT2D eigenvalue weighted by Gasteiger charge is 2.30. The molecule has 0 saturated carbocycles. The molecule has 2 aliphatic rings. The predicted octanol–water partition coefficient (Wildman–Crippen LogP) is 0.124. The molecule has 2 fully saturated rings. The molecule has 0 aliphatic carbocycles. The predicted molar refractivity (Wildman–Crippen MR) is 102 cm³/mol. The number of hydrogen-bond acceptors (Lipinski definition) is 4. The van der Waals surface area contributed by atoms with E-state index >= 15 is 0 Å². The fraction of sp³-hybridized carbons (Fsp3) is 0.722. The van der Waals surface area contributed by atoms with Gasteiger partial charge in [0.2, 0.25) is 5.91 Å². The van der Waals surface area contributed by atoms with Crippen LogP contribution in [0.1, 0.15) is 25.6 Å². The molecule has 2 saturated heterocycles. The molecule has 2 aliphatic heterocycles. The van der Waals surface area contributed by atoms with Crippen LogP contribution in [0.25, 0.3) is 0 Å². The summed E-state index contributed by atoms with van der Waals surface area (Å²) in [6.07, 6.45) is 6.03. The Bertz CT molecular complexity index is 627. The van der Waals surface area contributed by atoms with Crippen molar-refractivity contribution in [3.8, 4) is 0 Å². The zero-order valence-electron chi connectivity index (χ0n) is 16.2. The molecular weight excluding hydrogens is 330 g/mol. The van der Waals surface area contributed by atoms with E-state index in [0.717, 1.165) is 63.9 Å². The highest BCUT2D eigenvalue weighted by molar-refractivity contribution is 5.82. The fourth-order valence-corrected chi connectivity index (χ4v) is 3.74. The number of aliphatic imine (C=N–C) groups is 1. The van der Waals surface area contributed by atoms with E-state index in [1.54, 1.807) is 6.20 Å². The summed E-state index contributed by atoms with van der Waals surface area (Å²) in [6.45, 7) is 8.05. The summed E-state index contributed by atoms with van der Waals surface area (Å²) >= 11 is 0. The number of carbonyl (C=O) groups is 1. The lowest BCUT2D eigenvalue weighted by atomic mass is 10.2. The molecule has 0 aromatic carbocycles. The van der Waals surface area contributed by atoms with Crippen molar-refractivity contribution < 1.29 is 4.79 Å². The van der Waals surface area contributed by atoms with Gasteiger partial charge < -0.3 is 19.7 Å². The minimum absolute atomic E-state index is 0.0298. The van der Waals surface area contributed by atoms with Gasteiger partial charge in [-0.15, -0.1) is 0 Å². The normalized spacial score (nSPS) is 20.5. The van der Waals surface area contributed by atoms with Gasteiger partial charge in [0.25, 0.3) is 0 Å². The molecule has 1 N–H and O–H groups in total. The molecule has 8 heteroatoms. The van der Waals surface area contributed by atoms with Crippen LogP contribution in [-0.4, -0.2) is 88.5 Å². The molecule has 1 atom stereocenters. The Labute approximate surface area is 155 Å². The standard InChI is InChI=1S/C18H31N7O/c1-15(17(26)24-7-4-5-8-24)23-10-12-25(13-11-23)18(19-2)21-14-16-20-6-9-22(16)3/h6,9,15H,4-5,7-8,10-14H2,1-3H3,(H,19,21). The number of guanidine groups is 1. The molecule has 0 radical (unpaired) electrons. The van der Waals surface area contributed by atoms with Crippen LogP contribution in [0.4, 0.5) is 0 Å². The van der Waals surface area contributed by atoms with E-state index in [4.69, 9.17) is 0 Å². The average molecular weight is 361 g/mol. The minimum Gasteiger partial charge on any atom is -0.349 e. The number of amides is 1. The van der Waals surface area contributed by atoms with Gasteiger partial charge in [-0.2, -0.15) is 0 Å². The first-order chi connectivity index (χ1) is 12.6. The van der Waals surface area contributed by atoms with Gasteiger partial charge in [-0.1, -0.05) is 0 Å². The molecule has 3 heterocycles. The van der Waals surface area contributed by atoms with E-state index in [-0.39, 0.29) is 11.9 Å². The molecule has 1 aromatic heterocycles. The first-order valence-electron chi connectivity index (χ1n) is 9.55. The lowest BCUT2D eigenvalue weighted by Gasteiger charge is -2.39. The van der Waals surface area contributed by atoms with Crippen LogP contribution < -0.4 is 5.32 Å². The van der Waals surface area contributed by atoms with Crippen LogP contribution in [0.5, 0.6) is 0 Å². The smallest absolute Gasteiger partial charge is 0.239 e. The van der Waals surface area contributed by atoms with Gasteiger partial charge in [-0.3, -0.25) is 14.7 Å². The van der Waals surface area contributed by atoms with E-state index in [9.17, 15) is 4.79 Å². The Balaban J connectivity index is 1.48. The quantitative estimate of drug-likeness (QED) is 0.610. The monoisotopic (exact) mass is 361 g/mol. The molecule has 3 rings (SSSR count). The topological polar surface area (TPSA) is 69.0 Å². The van der Waals surface area contributed by atoms with Crippen molar-refractivity contribution in [3.63, 3.8) is 0 Å². The van der Waals surface area contributed by atoms with Gasteiger partial charge in [-0.05, 0) is 19.8 Å². The third kappa shape index (κ3) is 4.17. The Hall–Kier alpha value is -2.09. The van der Waals surface area contributed by atoms with Crippen molar-refractivity contribution in [1.29, 1.82) is 0 Å². The van der Waals surface area contributed by atoms with Crippen LogP contribution >= 0.6 is 0 Å². The molecule has 1 unspecified atom stereocenters. The number of likely N-dealkylation sites (tertiary alicyclic amines) is 1. The van der Waals surface area contributed by atoms with Crippen molar-refractivity contribution in [2.24, 2.45) is 12.0 Å². The number of aromatic nitrogens is 2. The van der Waals surface area contributed by atoms with E-state index in [0.29, 0.717) is 6.54 Å². The van der Waals surface area contributed by atoms with Gasteiger partial charge >= 0.3 is 0 Å². The maximum atomic E-state index is 12.6. The third-order valence-electron chi connectivity index (χ3n) is 5.47. The van der Waals surface area contributed by atoms with Crippen molar-refractivity contribution in [2.75, 3.05) is 46.3 Å². The first-order valence-corrected chi connectivity index (χ1v) is 9.55.